The molecule has 1 aliphatic carbocycles. The smallest absolute Gasteiger partial charge is 0.328 e. The van der Waals surface area contributed by atoms with Crippen LogP contribution in [0, 0.1) is 35.5 Å². The van der Waals surface area contributed by atoms with Crippen LogP contribution >= 0.6 is 0 Å². The monoisotopic (exact) mass is 730 g/mol. The Morgan fingerprint density at radius 2 is 1.77 bits per heavy atom. The summed E-state index contributed by atoms with van der Waals surface area (Å²) < 4.78 is 26.3. The zero-order valence-electron chi connectivity index (χ0n) is 33.6. The lowest BCUT2D eigenvalue weighted by Gasteiger charge is -2.39. The largest absolute Gasteiger partial charge is 0.379 e. The van der Waals surface area contributed by atoms with Crippen molar-refractivity contribution in [1.82, 2.24) is 20.0 Å². The number of likely N-dealkylation sites (tertiary alicyclic amines) is 1. The van der Waals surface area contributed by atoms with Crippen molar-refractivity contribution in [1.29, 1.82) is 0 Å². The molecule has 3 N–H and O–H groups in total. The molecule has 292 valence electrons. The van der Waals surface area contributed by atoms with E-state index < -0.39 is 30.0 Å². The van der Waals surface area contributed by atoms with E-state index in [9.17, 15) is 23.6 Å². The number of hydrogen-bond acceptors (Lipinski definition) is 7. The average Bonchev–Trinajstić information content (AvgIpc) is 3.64. The van der Waals surface area contributed by atoms with Gasteiger partial charge >= 0.3 is 5.91 Å². The highest BCUT2D eigenvalue weighted by atomic mass is 19.1. The molecule has 0 aromatic carbocycles. The summed E-state index contributed by atoms with van der Waals surface area (Å²) in [6.07, 6.45) is 8.95. The van der Waals surface area contributed by atoms with Gasteiger partial charge in [0.25, 0.3) is 5.91 Å². The third kappa shape index (κ3) is 10.8. The first kappa shape index (κ1) is 44.8. The molecule has 9 unspecified atom stereocenters. The summed E-state index contributed by atoms with van der Waals surface area (Å²) >= 11 is 0. The normalized spacial score (nSPS) is 23.6. The van der Waals surface area contributed by atoms with Crippen LogP contribution in [-0.4, -0.2) is 117 Å². The Morgan fingerprint density at radius 3 is 2.27 bits per heavy atom. The van der Waals surface area contributed by atoms with E-state index in [0.717, 1.165) is 18.9 Å². The first-order valence-electron chi connectivity index (χ1n) is 18.5. The Kier molecular flexibility index (Phi) is 16.9. The lowest BCUT2D eigenvalue weighted by Crippen LogP contribution is -2.93. The number of allylic oxidation sites excluding steroid dienone is 4. The Hall–Kier alpha value is -3.37. The minimum absolute atomic E-state index is 0.00109. The molecule has 0 bridgehead atoms. The summed E-state index contributed by atoms with van der Waals surface area (Å²) in [6.45, 7) is 17.5. The predicted molar refractivity (Wildman–Crippen MR) is 201 cm³/mol. The molecule has 1 saturated heterocycles. The van der Waals surface area contributed by atoms with Crippen molar-refractivity contribution in [3.05, 3.63) is 35.8 Å². The molecule has 2 rings (SSSR count). The van der Waals surface area contributed by atoms with Crippen LogP contribution < -0.4 is 10.6 Å². The van der Waals surface area contributed by atoms with Gasteiger partial charge in [-0.05, 0) is 56.7 Å². The molecule has 2 aliphatic rings. The van der Waals surface area contributed by atoms with Gasteiger partial charge in [-0.15, -0.1) is 6.42 Å². The van der Waals surface area contributed by atoms with E-state index in [-0.39, 0.29) is 78.4 Å². The third-order valence-corrected chi connectivity index (χ3v) is 11.2. The Labute approximate surface area is 311 Å². The maximum atomic E-state index is 14.4. The Morgan fingerprint density at radius 1 is 1.13 bits per heavy atom. The summed E-state index contributed by atoms with van der Waals surface area (Å²) in [7, 11) is 8.51. The summed E-state index contributed by atoms with van der Waals surface area (Å²) in [4.78, 5) is 59.8. The summed E-state index contributed by atoms with van der Waals surface area (Å²) in [5.41, 5.74) is 0.533. The van der Waals surface area contributed by atoms with Crippen molar-refractivity contribution < 1.29 is 38.4 Å². The number of methoxy groups -OCH3 is 2. The molecule has 12 heteroatoms. The number of fused-ring (bicyclic) bond motifs is 1. The number of piperidine rings is 1. The van der Waals surface area contributed by atoms with Crippen molar-refractivity contribution in [3.63, 3.8) is 0 Å². The van der Waals surface area contributed by atoms with Crippen LogP contribution in [0.2, 0.25) is 0 Å². The van der Waals surface area contributed by atoms with E-state index in [4.69, 9.17) is 15.9 Å². The van der Waals surface area contributed by atoms with E-state index in [0.29, 0.717) is 17.7 Å². The number of carbonyl (C=O) groups is 4. The molecule has 11 nitrogen and oxygen atoms in total. The van der Waals surface area contributed by atoms with Crippen molar-refractivity contribution in [2.75, 3.05) is 41.9 Å². The van der Waals surface area contributed by atoms with Gasteiger partial charge in [0, 0.05) is 45.5 Å². The maximum Gasteiger partial charge on any atom is 0.328 e. The molecule has 1 aliphatic heterocycles. The molecule has 1 saturated carbocycles. The number of rotatable bonds is 20. The van der Waals surface area contributed by atoms with Crippen LogP contribution in [0.4, 0.5) is 4.39 Å². The molecule has 9 atom stereocenters. The number of carbonyl (C=O) groups excluding carboxylic acids is 4. The average molecular weight is 731 g/mol. The first-order valence-corrected chi connectivity index (χ1v) is 18.5. The Bertz CT molecular complexity index is 1400. The number of halogens is 1. The number of nitrogens with two attached hydrogens (primary N) is 1. The molecule has 0 radical (unpaired) electrons. The van der Waals surface area contributed by atoms with Crippen molar-refractivity contribution in [3.8, 4) is 12.3 Å². The standard InChI is InChI=1S/C40H64FN5O6/c1-15-18-29(41)28(17-3)19-26(7)43-38(49)27(8)37(52-14)30-21-40(9)22-32(40)46(30)33(47)20-31(51-13)36(25(6)16-2)45(12)34(48)23-42-39(50)35(24(4)5)44(10)11/h1,17-18,24-25,27,30-32,35-37H,7,16,19-23H2,2-6,8-14H3,(H,42,50)(H,43,49)/p+1. The molecule has 4 amide bonds. The topological polar surface area (TPSA) is 125 Å². The van der Waals surface area contributed by atoms with E-state index >= 15 is 0 Å². The van der Waals surface area contributed by atoms with Crippen molar-refractivity contribution in [2.45, 2.75) is 117 Å². The molecular formula is C40H65FN5O6+. The number of ether oxygens (including phenoxy) is 2. The highest BCUT2D eigenvalue weighted by Crippen LogP contribution is 2.60. The van der Waals surface area contributed by atoms with Gasteiger partial charge < -0.3 is 24.6 Å². The lowest BCUT2D eigenvalue weighted by molar-refractivity contribution is -0.561. The quantitative estimate of drug-likeness (QED) is 0.145. The Balaban J connectivity index is 2.24. The fourth-order valence-corrected chi connectivity index (χ4v) is 8.03. The fraction of sp³-hybridized carbons (Fsp3) is 0.700. The van der Waals surface area contributed by atoms with Crippen LogP contribution in [0.5, 0.6) is 0 Å². The zero-order chi connectivity index (χ0) is 39.7. The van der Waals surface area contributed by atoms with Gasteiger partial charge in [0.05, 0.1) is 36.6 Å². The van der Waals surface area contributed by atoms with Gasteiger partial charge in [-0.2, -0.15) is 0 Å². The number of amides is 4. The second kappa shape index (κ2) is 19.6. The summed E-state index contributed by atoms with van der Waals surface area (Å²) in [6, 6.07) is -1.12. The highest BCUT2D eigenvalue weighted by molar-refractivity contribution is 5.82. The molecular weight excluding hydrogens is 665 g/mol. The van der Waals surface area contributed by atoms with Gasteiger partial charge in [-0.1, -0.05) is 66.5 Å². The van der Waals surface area contributed by atoms with E-state index in [1.165, 1.54) is 12.4 Å². The predicted octanol–water partition coefficient (Wildman–Crippen LogP) is 3.42. The van der Waals surface area contributed by atoms with Crippen LogP contribution in [0.1, 0.15) is 80.6 Å². The van der Waals surface area contributed by atoms with Gasteiger partial charge in [-0.3, -0.25) is 24.6 Å². The number of primary amides is 1. The molecule has 0 aromatic rings. The van der Waals surface area contributed by atoms with Crippen LogP contribution in [-0.2, 0) is 28.7 Å². The van der Waals surface area contributed by atoms with Crippen molar-refractivity contribution >= 4 is 23.6 Å². The molecule has 1 heterocycles. The summed E-state index contributed by atoms with van der Waals surface area (Å²) in [5.74, 6) is 0.226. The van der Waals surface area contributed by atoms with E-state index in [1.807, 2.05) is 51.6 Å². The molecule has 0 spiro atoms. The molecule has 0 aromatic heterocycles. The minimum atomic E-state index is -0.667. The maximum absolute atomic E-state index is 14.4. The summed E-state index contributed by atoms with van der Waals surface area (Å²) in [5, 5.41) is 4.27. The third-order valence-electron chi connectivity index (χ3n) is 11.2. The van der Waals surface area contributed by atoms with Crippen LogP contribution in [0.15, 0.2) is 35.8 Å². The molecule has 52 heavy (non-hydrogen) atoms. The van der Waals surface area contributed by atoms with Gasteiger partial charge in [0.1, 0.15) is 11.9 Å². The number of nitrogens with one attached hydrogen (secondary N) is 1. The number of hydrogen-bond donors (Lipinski definition) is 2. The number of terminal acetylenes is 1. The first-order chi connectivity index (χ1) is 24.3. The van der Waals surface area contributed by atoms with E-state index in [1.54, 1.807) is 39.0 Å². The SMILES string of the molecule is C#CC=C(F)C(=CC)CC(=C)NC(=O)C(C)C(OC)C1CC2(C)CC2N1C(=O)CC(OC)C(C(C)CC)N(C)C(=O)C[NH2+]C(=O)C(C(C)C)N(C)C. The van der Waals surface area contributed by atoms with Gasteiger partial charge in [-0.25, -0.2) is 9.18 Å². The lowest BCUT2D eigenvalue weighted by atomic mass is 9.89. The second-order valence-corrected chi connectivity index (χ2v) is 15.5. The highest BCUT2D eigenvalue weighted by Gasteiger charge is 2.64. The number of quaternary nitrogens is 1. The van der Waals surface area contributed by atoms with Gasteiger partial charge in [0.15, 0.2) is 6.54 Å². The zero-order valence-corrected chi connectivity index (χ0v) is 33.6. The van der Waals surface area contributed by atoms with Gasteiger partial charge in [0.2, 0.25) is 11.8 Å². The number of nitrogens with zero attached hydrogens (tertiary/aromatic N) is 3. The van der Waals surface area contributed by atoms with E-state index in [2.05, 4.69) is 24.7 Å². The molecule has 2 fully saturated rings. The van der Waals surface area contributed by atoms with Crippen molar-refractivity contribution in [2.24, 2.45) is 23.2 Å². The minimum Gasteiger partial charge on any atom is -0.379 e. The fourth-order valence-electron chi connectivity index (χ4n) is 8.03. The van der Waals surface area contributed by atoms with Crippen LogP contribution in [0.3, 0.4) is 0 Å². The number of likely N-dealkylation sites (N-methyl/N-ethyl adjacent to an activating group) is 2. The van der Waals surface area contributed by atoms with Crippen LogP contribution in [0.25, 0.3) is 0 Å². The second-order valence-electron chi connectivity index (χ2n) is 15.5.